The van der Waals surface area contributed by atoms with Crippen molar-refractivity contribution in [3.8, 4) is 0 Å². The maximum atomic E-state index is 3.93. The van der Waals surface area contributed by atoms with Crippen LogP contribution in [0.15, 0.2) is 36.3 Å². The first-order valence-corrected chi connectivity index (χ1v) is 8.40. The van der Waals surface area contributed by atoms with Crippen LogP contribution in [-0.2, 0) is 10.9 Å². The van der Waals surface area contributed by atoms with E-state index in [9.17, 15) is 0 Å². The maximum absolute atomic E-state index is 3.93. The summed E-state index contributed by atoms with van der Waals surface area (Å²) in [7, 11) is 0.363. The molecule has 0 bridgehead atoms. The molecule has 1 unspecified atom stereocenters. The van der Waals surface area contributed by atoms with Crippen LogP contribution in [0.5, 0.6) is 0 Å². The van der Waals surface area contributed by atoms with Crippen molar-refractivity contribution in [2.24, 2.45) is 0 Å². The summed E-state index contributed by atoms with van der Waals surface area (Å²) in [6.07, 6.45) is 5.13. The molecule has 1 atom stereocenters. The fraction of sp³-hybridized carbons (Fsp3) is 0.412. The van der Waals surface area contributed by atoms with Gasteiger partial charge in [-0.3, -0.25) is 0 Å². The first-order valence-electron chi connectivity index (χ1n) is 6.83. The molecule has 0 radical (unpaired) electrons. The van der Waals surface area contributed by atoms with Crippen molar-refractivity contribution in [3.63, 3.8) is 0 Å². The topological polar surface area (TPSA) is 0 Å². The molecule has 18 heavy (non-hydrogen) atoms. The summed E-state index contributed by atoms with van der Waals surface area (Å²) in [6, 6.07) is 6.48. The second-order valence-corrected chi connectivity index (χ2v) is 6.06. The Bertz CT molecular complexity index is 366. The van der Waals surface area contributed by atoms with E-state index in [0.29, 0.717) is 10.9 Å². The van der Waals surface area contributed by atoms with Crippen molar-refractivity contribution in [3.05, 3.63) is 42.5 Å². The quantitative estimate of drug-likeness (QED) is 0.602. The summed E-state index contributed by atoms with van der Waals surface area (Å²) in [5.41, 5.74) is 2.48. The van der Waals surface area contributed by atoms with Crippen LogP contribution in [0.4, 0.5) is 0 Å². The highest BCUT2D eigenvalue weighted by atomic mass is 32.2. The molecule has 1 aromatic carbocycles. The SMILES string of the molecule is C=Cc1cccc([S+](CC)CCC)c1C=C.CC. The van der Waals surface area contributed by atoms with Gasteiger partial charge in [-0.1, -0.05) is 58.2 Å². The van der Waals surface area contributed by atoms with Crippen LogP contribution >= 0.6 is 0 Å². The Labute approximate surface area is 116 Å². The van der Waals surface area contributed by atoms with Crippen LogP contribution in [0.1, 0.15) is 45.2 Å². The number of benzene rings is 1. The van der Waals surface area contributed by atoms with E-state index >= 15 is 0 Å². The molecule has 0 N–H and O–H groups in total. The Balaban J connectivity index is 0.00000137. The van der Waals surface area contributed by atoms with Crippen molar-refractivity contribution >= 4 is 23.0 Å². The molecule has 1 heteroatoms. The van der Waals surface area contributed by atoms with E-state index in [0.717, 1.165) is 0 Å². The molecule has 0 saturated heterocycles. The normalized spacial score (nSPS) is 11.1. The Hall–Kier alpha value is -0.950. The lowest BCUT2D eigenvalue weighted by Gasteiger charge is -2.10. The van der Waals surface area contributed by atoms with Gasteiger partial charge in [0, 0.05) is 16.5 Å². The molecule has 0 aliphatic heterocycles. The molecule has 0 amide bonds. The van der Waals surface area contributed by atoms with Crippen LogP contribution in [0, 0.1) is 0 Å². The summed E-state index contributed by atoms with van der Waals surface area (Å²) >= 11 is 0. The van der Waals surface area contributed by atoms with Gasteiger partial charge < -0.3 is 0 Å². The first kappa shape index (κ1) is 17.1. The van der Waals surface area contributed by atoms with Crippen molar-refractivity contribution in [2.45, 2.75) is 39.0 Å². The number of rotatable bonds is 6. The van der Waals surface area contributed by atoms with Gasteiger partial charge in [-0.05, 0) is 25.0 Å². The molecule has 0 aliphatic rings. The third-order valence-electron chi connectivity index (χ3n) is 2.63. The average molecular weight is 263 g/mol. The Morgan fingerprint density at radius 3 is 2.22 bits per heavy atom. The van der Waals surface area contributed by atoms with Crippen LogP contribution in [0.3, 0.4) is 0 Å². The van der Waals surface area contributed by atoms with Crippen molar-refractivity contribution in [1.82, 2.24) is 0 Å². The van der Waals surface area contributed by atoms with E-state index in [1.54, 1.807) is 0 Å². The summed E-state index contributed by atoms with van der Waals surface area (Å²) in [4.78, 5) is 1.46. The Morgan fingerprint density at radius 1 is 1.11 bits per heavy atom. The molecular formula is C17H27S+. The van der Waals surface area contributed by atoms with Gasteiger partial charge in [0.2, 0.25) is 0 Å². The van der Waals surface area contributed by atoms with E-state index in [2.05, 4.69) is 45.2 Å². The summed E-state index contributed by atoms with van der Waals surface area (Å²) < 4.78 is 0. The number of hydrogen-bond acceptors (Lipinski definition) is 0. The van der Waals surface area contributed by atoms with E-state index < -0.39 is 0 Å². The van der Waals surface area contributed by atoms with Gasteiger partial charge in [-0.25, -0.2) is 0 Å². The van der Waals surface area contributed by atoms with Gasteiger partial charge in [0.05, 0.1) is 0 Å². The van der Waals surface area contributed by atoms with Crippen molar-refractivity contribution in [2.75, 3.05) is 11.5 Å². The predicted molar refractivity (Wildman–Crippen MR) is 89.3 cm³/mol. The molecule has 0 aromatic heterocycles. The van der Waals surface area contributed by atoms with Crippen LogP contribution in [0.25, 0.3) is 12.2 Å². The minimum atomic E-state index is 0.363. The average Bonchev–Trinajstić information content (AvgIpc) is 2.45. The van der Waals surface area contributed by atoms with Gasteiger partial charge in [0.25, 0.3) is 0 Å². The maximum Gasteiger partial charge on any atom is 0.162 e. The zero-order chi connectivity index (χ0) is 14.0. The molecule has 0 nitrogen and oxygen atoms in total. The predicted octanol–water partition coefficient (Wildman–Crippen LogP) is 5.41. The van der Waals surface area contributed by atoms with Crippen molar-refractivity contribution < 1.29 is 0 Å². The number of hydrogen-bond donors (Lipinski definition) is 0. The lowest BCUT2D eigenvalue weighted by Crippen LogP contribution is -2.12. The largest absolute Gasteiger partial charge is 0.162 e. The molecular weight excluding hydrogens is 236 g/mol. The highest BCUT2D eigenvalue weighted by Crippen LogP contribution is 2.25. The molecule has 0 fully saturated rings. The third-order valence-corrected chi connectivity index (χ3v) is 5.21. The van der Waals surface area contributed by atoms with Gasteiger partial charge in [-0.15, -0.1) is 0 Å². The summed E-state index contributed by atoms with van der Waals surface area (Å²) in [5.74, 6) is 2.49. The Kier molecular flexibility index (Phi) is 9.49. The highest BCUT2D eigenvalue weighted by Gasteiger charge is 2.21. The molecule has 0 aliphatic carbocycles. The van der Waals surface area contributed by atoms with E-state index in [-0.39, 0.29) is 0 Å². The van der Waals surface area contributed by atoms with E-state index in [1.165, 1.54) is 33.9 Å². The minimum Gasteiger partial charge on any atom is -0.0984 e. The standard InChI is InChI=1S/C15H21S.C2H6/c1-5-12-16(8-4)15-11-9-10-13(6-2)14(15)7-3;1-2/h6-7,9-11H,2-3,5,8,12H2,1,4H3;1-2H3/q+1;. The molecule has 0 heterocycles. The van der Waals surface area contributed by atoms with E-state index in [1.807, 2.05) is 26.0 Å². The first-order chi connectivity index (χ1) is 8.78. The second kappa shape index (κ2) is 10.0. The fourth-order valence-electron chi connectivity index (χ4n) is 1.87. The smallest absolute Gasteiger partial charge is 0.0984 e. The summed E-state index contributed by atoms with van der Waals surface area (Å²) in [6.45, 7) is 16.3. The molecule has 1 rings (SSSR count). The molecule has 0 saturated carbocycles. The van der Waals surface area contributed by atoms with Gasteiger partial charge in [0.1, 0.15) is 11.5 Å². The zero-order valence-electron chi connectivity index (χ0n) is 12.3. The third kappa shape index (κ3) is 4.38. The molecule has 0 spiro atoms. The van der Waals surface area contributed by atoms with Crippen LogP contribution in [-0.4, -0.2) is 11.5 Å². The van der Waals surface area contributed by atoms with Crippen LogP contribution < -0.4 is 0 Å². The van der Waals surface area contributed by atoms with Gasteiger partial charge in [0.15, 0.2) is 4.90 Å². The molecule has 1 aromatic rings. The Morgan fingerprint density at radius 2 is 1.78 bits per heavy atom. The lowest BCUT2D eigenvalue weighted by atomic mass is 10.1. The van der Waals surface area contributed by atoms with Crippen molar-refractivity contribution in [1.29, 1.82) is 0 Å². The van der Waals surface area contributed by atoms with Crippen LogP contribution in [0.2, 0.25) is 0 Å². The van der Waals surface area contributed by atoms with Gasteiger partial charge >= 0.3 is 0 Å². The monoisotopic (exact) mass is 263 g/mol. The second-order valence-electron chi connectivity index (χ2n) is 3.65. The van der Waals surface area contributed by atoms with E-state index in [4.69, 9.17) is 0 Å². The zero-order valence-corrected chi connectivity index (χ0v) is 13.1. The summed E-state index contributed by atoms with van der Waals surface area (Å²) in [5, 5.41) is 0. The highest BCUT2D eigenvalue weighted by molar-refractivity contribution is 7.96. The van der Waals surface area contributed by atoms with Gasteiger partial charge in [-0.2, -0.15) is 0 Å². The minimum absolute atomic E-state index is 0.363. The lowest BCUT2D eigenvalue weighted by molar-refractivity contribution is 1.09. The fourth-order valence-corrected chi connectivity index (χ4v) is 3.96. The molecule has 100 valence electrons.